The first-order valence-electron chi connectivity index (χ1n) is 14.6. The van der Waals surface area contributed by atoms with E-state index in [-0.39, 0.29) is 12.5 Å². The van der Waals surface area contributed by atoms with E-state index < -0.39 is 0 Å². The summed E-state index contributed by atoms with van der Waals surface area (Å²) in [5, 5.41) is 14.3. The second-order valence-corrected chi connectivity index (χ2v) is 9.80. The zero-order chi connectivity index (χ0) is 26.7. The molecular weight excluding hydrogens is 472 g/mol. The van der Waals surface area contributed by atoms with Crippen molar-refractivity contribution in [1.29, 1.82) is 0 Å². The van der Waals surface area contributed by atoms with Crippen LogP contribution in [0.1, 0.15) is 109 Å². The third-order valence-corrected chi connectivity index (χ3v) is 6.40. The lowest BCUT2D eigenvalue weighted by molar-refractivity contribution is -0.126. The molecule has 0 spiro atoms. The highest BCUT2D eigenvalue weighted by molar-refractivity contribution is 5.87. The molecule has 1 heterocycles. The lowest BCUT2D eigenvalue weighted by Crippen LogP contribution is -2.30. The highest BCUT2D eigenvalue weighted by atomic mass is 16.5. The fraction of sp³-hybridized carbons (Fsp3) is 0.893. The van der Waals surface area contributed by atoms with Gasteiger partial charge in [-0.25, -0.2) is 0 Å². The number of hydrogen-bond acceptors (Lipinski definition) is 8. The van der Waals surface area contributed by atoms with Crippen molar-refractivity contribution in [2.24, 2.45) is 15.4 Å². The number of methoxy groups -OCH3 is 1. The molecule has 0 aromatic carbocycles. The van der Waals surface area contributed by atoms with Crippen molar-refractivity contribution < 1.29 is 23.8 Å². The molecule has 1 N–H and O–H groups in total. The normalized spacial score (nSPS) is 12.7. The number of amides is 1. The first-order valence-corrected chi connectivity index (χ1v) is 14.6. The van der Waals surface area contributed by atoms with Crippen molar-refractivity contribution in [3.05, 3.63) is 0 Å². The molecule has 0 bridgehead atoms. The number of nitrogens with zero attached hydrogens (tertiary/aromatic N) is 3. The summed E-state index contributed by atoms with van der Waals surface area (Å²) < 4.78 is 15.6. The molecular formula is C28H52N4O5. The Bertz CT molecular complexity index is 628. The van der Waals surface area contributed by atoms with Crippen molar-refractivity contribution >= 4 is 17.4 Å². The first-order chi connectivity index (χ1) is 18.2. The van der Waals surface area contributed by atoms with Gasteiger partial charge < -0.3 is 19.5 Å². The van der Waals surface area contributed by atoms with E-state index in [0.29, 0.717) is 58.1 Å². The van der Waals surface area contributed by atoms with Crippen LogP contribution in [0.25, 0.3) is 0 Å². The Hall–Kier alpha value is -1.71. The number of nitrogens with one attached hydrogen (secondary N) is 1. The lowest BCUT2D eigenvalue weighted by Gasteiger charge is -2.07. The Balaban J connectivity index is 1.70. The van der Waals surface area contributed by atoms with Crippen LogP contribution < -0.4 is 5.32 Å². The minimum absolute atomic E-state index is 0.0267. The third-order valence-electron chi connectivity index (χ3n) is 6.40. The van der Waals surface area contributed by atoms with Gasteiger partial charge in [-0.2, -0.15) is 5.11 Å². The Labute approximate surface area is 224 Å². The van der Waals surface area contributed by atoms with Crippen LogP contribution in [0.5, 0.6) is 0 Å². The number of carbonyl (C=O) groups is 2. The Morgan fingerprint density at radius 1 is 0.730 bits per heavy atom. The predicted octanol–water partition coefficient (Wildman–Crippen LogP) is 5.80. The number of hydrogen-bond donors (Lipinski definition) is 1. The van der Waals surface area contributed by atoms with Gasteiger partial charge in [0.2, 0.25) is 5.91 Å². The topological polar surface area (TPSA) is 111 Å². The molecule has 0 aliphatic carbocycles. The monoisotopic (exact) mass is 524 g/mol. The minimum Gasteiger partial charge on any atom is -0.383 e. The fourth-order valence-electron chi connectivity index (χ4n) is 4.19. The van der Waals surface area contributed by atoms with Crippen molar-refractivity contribution in [2.45, 2.75) is 109 Å². The molecule has 0 aromatic heterocycles. The highest BCUT2D eigenvalue weighted by Gasteiger charge is 2.04. The van der Waals surface area contributed by atoms with E-state index in [2.05, 4.69) is 20.8 Å². The van der Waals surface area contributed by atoms with Crippen LogP contribution in [0.15, 0.2) is 15.4 Å². The lowest BCUT2D eigenvalue weighted by atomic mass is 10.0. The summed E-state index contributed by atoms with van der Waals surface area (Å²) in [6.45, 7) is 3.08. The first kappa shape index (κ1) is 33.3. The summed E-state index contributed by atoms with van der Waals surface area (Å²) in [5.41, 5.74) is 1.14. The van der Waals surface area contributed by atoms with Gasteiger partial charge in [0.25, 0.3) is 0 Å². The summed E-state index contributed by atoms with van der Waals surface area (Å²) in [6, 6.07) is 0. The molecule has 1 aliphatic heterocycles. The number of ether oxygens (including phenoxy) is 3. The maximum absolute atomic E-state index is 12.0. The van der Waals surface area contributed by atoms with Crippen LogP contribution in [0, 0.1) is 0 Å². The molecule has 0 atom stereocenters. The van der Waals surface area contributed by atoms with Crippen molar-refractivity contribution in [3.8, 4) is 0 Å². The number of Topliss-reactive ketones (excluding diaryl/α,β-unsaturated/α-hetero) is 1. The number of carbonyl (C=O) groups excluding carboxylic acids is 2. The van der Waals surface area contributed by atoms with Gasteiger partial charge in [0.1, 0.15) is 18.9 Å². The molecule has 0 unspecified atom stereocenters. The Morgan fingerprint density at radius 2 is 1.32 bits per heavy atom. The van der Waals surface area contributed by atoms with Gasteiger partial charge in [0, 0.05) is 33.1 Å². The van der Waals surface area contributed by atoms with Crippen LogP contribution in [-0.2, 0) is 23.8 Å². The highest BCUT2D eigenvalue weighted by Crippen LogP contribution is 2.14. The molecule has 0 saturated heterocycles. The molecule has 1 amide bonds. The maximum atomic E-state index is 12.0. The van der Waals surface area contributed by atoms with Gasteiger partial charge >= 0.3 is 0 Å². The van der Waals surface area contributed by atoms with E-state index in [9.17, 15) is 9.59 Å². The van der Waals surface area contributed by atoms with Crippen molar-refractivity contribution in [1.82, 2.24) is 5.32 Å². The van der Waals surface area contributed by atoms with Gasteiger partial charge in [-0.3, -0.25) is 9.59 Å². The zero-order valence-corrected chi connectivity index (χ0v) is 23.4. The van der Waals surface area contributed by atoms with Crippen LogP contribution in [0.4, 0.5) is 0 Å². The minimum atomic E-state index is -0.156. The van der Waals surface area contributed by atoms with Crippen LogP contribution >= 0.6 is 0 Å². The van der Waals surface area contributed by atoms with Crippen molar-refractivity contribution in [2.75, 3.05) is 53.2 Å². The van der Waals surface area contributed by atoms with Crippen LogP contribution in [0.2, 0.25) is 0 Å². The number of rotatable bonds is 28. The molecule has 37 heavy (non-hydrogen) atoms. The van der Waals surface area contributed by atoms with Gasteiger partial charge in [-0.1, -0.05) is 70.6 Å². The Kier molecular flexibility index (Phi) is 23.3. The zero-order valence-electron chi connectivity index (χ0n) is 23.4. The van der Waals surface area contributed by atoms with Gasteiger partial charge in [0.15, 0.2) is 0 Å². The molecule has 1 rings (SSSR count). The van der Waals surface area contributed by atoms with E-state index in [1.54, 1.807) is 7.11 Å². The van der Waals surface area contributed by atoms with E-state index >= 15 is 0 Å². The Morgan fingerprint density at radius 3 is 1.95 bits per heavy atom. The summed E-state index contributed by atoms with van der Waals surface area (Å²) in [5.74, 6) is 0.183. The summed E-state index contributed by atoms with van der Waals surface area (Å²) in [4.78, 5) is 23.4. The molecule has 9 nitrogen and oxygen atoms in total. The average Bonchev–Trinajstić information content (AvgIpc) is 3.41. The van der Waals surface area contributed by atoms with E-state index in [1.807, 2.05) is 0 Å². The quantitative estimate of drug-likeness (QED) is 0.130. The largest absolute Gasteiger partial charge is 0.383 e. The van der Waals surface area contributed by atoms with Crippen molar-refractivity contribution in [3.63, 3.8) is 0 Å². The number of unbranched alkanes of at least 4 members (excludes halogenated alkanes) is 12. The second-order valence-electron chi connectivity index (χ2n) is 9.80. The van der Waals surface area contributed by atoms with E-state index in [4.69, 9.17) is 14.2 Å². The maximum Gasteiger partial charge on any atom is 0.246 e. The molecule has 0 saturated carbocycles. The molecule has 0 fully saturated rings. The summed E-state index contributed by atoms with van der Waals surface area (Å²) in [6.07, 6.45) is 19.8. The smallest absolute Gasteiger partial charge is 0.246 e. The fourth-order valence-corrected chi connectivity index (χ4v) is 4.19. The third kappa shape index (κ3) is 23.2. The standard InChI is InChI=1S/C28H52N4O5/c1-35-21-19-29-28(34)25-37-23-22-36-20-15-18-27(33)17-14-12-10-8-6-4-2-3-5-7-9-11-13-16-26-24-30-32-31-26/h2-25H2,1H3,(H,29,34). The van der Waals surface area contributed by atoms with E-state index in [0.717, 1.165) is 31.4 Å². The SMILES string of the molecule is COCCNC(=O)COCCOCCCC(=O)CCCCCCCCCCCCCCCC1=NN=NC1. The van der Waals surface area contributed by atoms with E-state index in [1.165, 1.54) is 70.6 Å². The van der Waals surface area contributed by atoms with Crippen LogP contribution in [0.3, 0.4) is 0 Å². The number of ketones is 1. The average molecular weight is 525 g/mol. The van der Waals surface area contributed by atoms with Crippen LogP contribution in [-0.4, -0.2) is 70.6 Å². The van der Waals surface area contributed by atoms with Gasteiger partial charge in [-0.15, -0.1) is 5.10 Å². The second kappa shape index (κ2) is 25.9. The van der Waals surface area contributed by atoms with Gasteiger partial charge in [0.05, 0.1) is 25.5 Å². The predicted molar refractivity (Wildman–Crippen MR) is 147 cm³/mol. The molecule has 9 heteroatoms. The summed E-state index contributed by atoms with van der Waals surface area (Å²) >= 11 is 0. The molecule has 0 radical (unpaired) electrons. The summed E-state index contributed by atoms with van der Waals surface area (Å²) in [7, 11) is 1.59. The van der Waals surface area contributed by atoms with Gasteiger partial charge in [-0.05, 0) is 30.9 Å². The molecule has 0 aromatic rings. The molecule has 1 aliphatic rings. The molecule has 214 valence electrons.